The van der Waals surface area contributed by atoms with Crippen LogP contribution in [0, 0.1) is 5.92 Å². The average molecular weight is 231 g/mol. The molecule has 3 heteroatoms. The third-order valence-electron chi connectivity index (χ3n) is 2.79. The summed E-state index contributed by atoms with van der Waals surface area (Å²) < 4.78 is 5.62. The zero-order valence-corrected chi connectivity index (χ0v) is 11.1. The summed E-state index contributed by atoms with van der Waals surface area (Å²) in [5, 5.41) is 3.64. The van der Waals surface area contributed by atoms with Crippen LogP contribution in [0.2, 0.25) is 0 Å². The molecule has 0 saturated carbocycles. The highest BCUT2D eigenvalue weighted by Crippen LogP contribution is 2.26. The van der Waals surface area contributed by atoms with Gasteiger partial charge < -0.3 is 10.1 Å². The first-order valence-electron chi connectivity index (χ1n) is 6.16. The number of thioether (sulfide) groups is 1. The molecule has 2 nitrogen and oxygen atoms in total. The van der Waals surface area contributed by atoms with Crippen LogP contribution in [0.15, 0.2) is 0 Å². The quantitative estimate of drug-likeness (QED) is 0.727. The molecule has 0 amide bonds. The minimum absolute atomic E-state index is 0.376. The Morgan fingerprint density at radius 3 is 2.87 bits per heavy atom. The monoisotopic (exact) mass is 231 g/mol. The van der Waals surface area contributed by atoms with Crippen molar-refractivity contribution in [1.82, 2.24) is 5.32 Å². The molecular weight excluding hydrogens is 206 g/mol. The molecule has 2 atom stereocenters. The number of nitrogens with one attached hydrogen (secondary N) is 1. The lowest BCUT2D eigenvalue weighted by atomic mass is 10.0. The summed E-state index contributed by atoms with van der Waals surface area (Å²) in [6.07, 6.45) is 2.82. The fourth-order valence-electron chi connectivity index (χ4n) is 1.89. The summed E-state index contributed by atoms with van der Waals surface area (Å²) in [5.74, 6) is 3.41. The van der Waals surface area contributed by atoms with E-state index in [4.69, 9.17) is 4.74 Å². The molecule has 1 aliphatic rings. The number of hydrogen-bond acceptors (Lipinski definition) is 3. The predicted molar refractivity (Wildman–Crippen MR) is 68.6 cm³/mol. The molecule has 1 fully saturated rings. The smallest absolute Gasteiger partial charge is 0.0518 e. The van der Waals surface area contributed by atoms with Crippen molar-refractivity contribution in [2.45, 2.75) is 45.8 Å². The highest BCUT2D eigenvalue weighted by Gasteiger charge is 2.26. The Labute approximate surface area is 98.5 Å². The van der Waals surface area contributed by atoms with Crippen molar-refractivity contribution in [3.63, 3.8) is 0 Å². The van der Waals surface area contributed by atoms with Gasteiger partial charge in [-0.15, -0.1) is 0 Å². The lowest BCUT2D eigenvalue weighted by molar-refractivity contribution is 0.0681. The third-order valence-corrected chi connectivity index (χ3v) is 4.05. The summed E-state index contributed by atoms with van der Waals surface area (Å²) in [5.41, 5.74) is 0. The van der Waals surface area contributed by atoms with E-state index in [9.17, 15) is 0 Å². The molecule has 1 heterocycles. The van der Waals surface area contributed by atoms with Crippen LogP contribution in [0.3, 0.4) is 0 Å². The molecule has 15 heavy (non-hydrogen) atoms. The maximum Gasteiger partial charge on any atom is 0.0518 e. The Kier molecular flexibility index (Phi) is 6.69. The molecule has 1 rings (SSSR count). The molecule has 1 aliphatic heterocycles. The summed E-state index contributed by atoms with van der Waals surface area (Å²) in [7, 11) is 0. The Balaban J connectivity index is 2.15. The Morgan fingerprint density at radius 2 is 2.20 bits per heavy atom. The highest BCUT2D eigenvalue weighted by molar-refractivity contribution is 7.99. The molecule has 0 radical (unpaired) electrons. The van der Waals surface area contributed by atoms with Crippen LogP contribution in [-0.2, 0) is 4.74 Å². The van der Waals surface area contributed by atoms with Gasteiger partial charge in [-0.2, -0.15) is 11.8 Å². The van der Waals surface area contributed by atoms with Gasteiger partial charge in [0.25, 0.3) is 0 Å². The molecule has 1 saturated heterocycles. The first-order valence-corrected chi connectivity index (χ1v) is 7.32. The zero-order chi connectivity index (χ0) is 11.1. The van der Waals surface area contributed by atoms with Crippen molar-refractivity contribution in [3.05, 3.63) is 0 Å². The molecule has 0 spiro atoms. The molecule has 0 bridgehead atoms. The first kappa shape index (κ1) is 13.3. The largest absolute Gasteiger partial charge is 0.379 e. The summed E-state index contributed by atoms with van der Waals surface area (Å²) in [6, 6.07) is 0.728. The second-order valence-corrected chi connectivity index (χ2v) is 5.64. The van der Waals surface area contributed by atoms with Gasteiger partial charge in [0.15, 0.2) is 0 Å². The van der Waals surface area contributed by atoms with E-state index in [1.54, 1.807) is 0 Å². The maximum atomic E-state index is 5.62. The van der Waals surface area contributed by atoms with Crippen LogP contribution in [0.1, 0.15) is 33.6 Å². The lowest BCUT2D eigenvalue weighted by Crippen LogP contribution is -2.36. The molecule has 90 valence electrons. The van der Waals surface area contributed by atoms with Gasteiger partial charge in [-0.1, -0.05) is 6.92 Å². The molecule has 0 aliphatic carbocycles. The molecule has 0 aromatic rings. The normalized spacial score (nSPS) is 26.4. The Morgan fingerprint density at radius 1 is 1.40 bits per heavy atom. The molecule has 2 unspecified atom stereocenters. The van der Waals surface area contributed by atoms with E-state index < -0.39 is 0 Å². The second-order valence-electron chi connectivity index (χ2n) is 4.57. The summed E-state index contributed by atoms with van der Waals surface area (Å²) >= 11 is 2.08. The van der Waals surface area contributed by atoms with Crippen LogP contribution >= 0.6 is 11.8 Å². The van der Waals surface area contributed by atoms with Crippen molar-refractivity contribution in [3.8, 4) is 0 Å². The highest BCUT2D eigenvalue weighted by atomic mass is 32.2. The van der Waals surface area contributed by atoms with Gasteiger partial charge in [-0.05, 0) is 44.9 Å². The maximum absolute atomic E-state index is 5.62. The minimum atomic E-state index is 0.376. The van der Waals surface area contributed by atoms with Crippen LogP contribution in [0.25, 0.3) is 0 Å². The fraction of sp³-hybridized carbons (Fsp3) is 1.00. The van der Waals surface area contributed by atoms with Crippen LogP contribution in [0.5, 0.6) is 0 Å². The van der Waals surface area contributed by atoms with E-state index in [0.29, 0.717) is 6.10 Å². The standard InChI is InChI=1S/C12H25NOS/c1-4-6-13-12-9-15-8-11(12)5-7-14-10(2)3/h10-13H,4-9H2,1-3H3. The van der Waals surface area contributed by atoms with E-state index >= 15 is 0 Å². The van der Waals surface area contributed by atoms with E-state index in [1.807, 2.05) is 0 Å². The van der Waals surface area contributed by atoms with E-state index in [0.717, 1.165) is 25.1 Å². The fourth-order valence-corrected chi connectivity index (χ4v) is 3.38. The lowest BCUT2D eigenvalue weighted by Gasteiger charge is -2.20. The summed E-state index contributed by atoms with van der Waals surface area (Å²) in [4.78, 5) is 0. The Bertz CT molecular complexity index is 164. The van der Waals surface area contributed by atoms with Crippen LogP contribution in [-0.4, -0.2) is 36.8 Å². The van der Waals surface area contributed by atoms with Crippen molar-refractivity contribution in [2.75, 3.05) is 24.7 Å². The predicted octanol–water partition coefficient (Wildman–Crippen LogP) is 2.53. The first-order chi connectivity index (χ1) is 7.24. The van der Waals surface area contributed by atoms with Gasteiger partial charge in [0.05, 0.1) is 6.10 Å². The van der Waals surface area contributed by atoms with Gasteiger partial charge >= 0.3 is 0 Å². The van der Waals surface area contributed by atoms with Crippen molar-refractivity contribution in [2.24, 2.45) is 5.92 Å². The topological polar surface area (TPSA) is 21.3 Å². The number of rotatable bonds is 7. The van der Waals surface area contributed by atoms with E-state index in [-0.39, 0.29) is 0 Å². The van der Waals surface area contributed by atoms with E-state index in [2.05, 4.69) is 37.8 Å². The zero-order valence-electron chi connectivity index (χ0n) is 10.3. The number of ether oxygens (including phenoxy) is 1. The van der Waals surface area contributed by atoms with Gasteiger partial charge in [-0.3, -0.25) is 0 Å². The van der Waals surface area contributed by atoms with Crippen LogP contribution in [0.4, 0.5) is 0 Å². The Hall–Kier alpha value is 0.270. The average Bonchev–Trinajstić information content (AvgIpc) is 2.62. The van der Waals surface area contributed by atoms with Crippen molar-refractivity contribution >= 4 is 11.8 Å². The van der Waals surface area contributed by atoms with Gasteiger partial charge in [-0.25, -0.2) is 0 Å². The minimum Gasteiger partial charge on any atom is -0.379 e. The molecule has 1 N–H and O–H groups in total. The molecule has 0 aromatic heterocycles. The number of hydrogen-bond donors (Lipinski definition) is 1. The van der Waals surface area contributed by atoms with Crippen LogP contribution < -0.4 is 5.32 Å². The van der Waals surface area contributed by atoms with Gasteiger partial charge in [0, 0.05) is 18.4 Å². The molecular formula is C12H25NOS. The van der Waals surface area contributed by atoms with Gasteiger partial charge in [0.2, 0.25) is 0 Å². The summed E-state index contributed by atoms with van der Waals surface area (Å²) in [6.45, 7) is 8.53. The van der Waals surface area contributed by atoms with E-state index in [1.165, 1.54) is 24.3 Å². The third kappa shape index (κ3) is 5.23. The SMILES string of the molecule is CCCNC1CSCC1CCOC(C)C. The van der Waals surface area contributed by atoms with Gasteiger partial charge in [0.1, 0.15) is 0 Å². The second kappa shape index (κ2) is 7.53. The van der Waals surface area contributed by atoms with Crippen molar-refractivity contribution < 1.29 is 4.74 Å². The van der Waals surface area contributed by atoms with Crippen molar-refractivity contribution in [1.29, 1.82) is 0 Å². The molecule has 0 aromatic carbocycles.